The van der Waals surface area contributed by atoms with E-state index in [9.17, 15) is 13.2 Å². The summed E-state index contributed by atoms with van der Waals surface area (Å²) in [5.41, 5.74) is 0.779. The van der Waals surface area contributed by atoms with E-state index in [-0.39, 0.29) is 4.90 Å². The van der Waals surface area contributed by atoms with Gasteiger partial charge in [0.2, 0.25) is 0 Å². The van der Waals surface area contributed by atoms with Gasteiger partial charge >= 0.3 is 0 Å². The molecule has 24 heavy (non-hydrogen) atoms. The van der Waals surface area contributed by atoms with Gasteiger partial charge in [0.15, 0.2) is 0 Å². The molecular formula is C15H15ClN2O5S. The maximum absolute atomic E-state index is 12.2. The molecule has 2 aromatic carbocycles. The molecule has 0 aromatic heterocycles. The van der Waals surface area contributed by atoms with Crippen LogP contribution in [0.25, 0.3) is 0 Å². The Morgan fingerprint density at radius 3 is 2.29 bits per heavy atom. The molecular weight excluding hydrogens is 356 g/mol. The number of anilines is 1. The first-order valence-corrected chi connectivity index (χ1v) is 8.53. The maximum atomic E-state index is 12.2. The summed E-state index contributed by atoms with van der Waals surface area (Å²) in [5.74, 6) is 0.0924. The summed E-state index contributed by atoms with van der Waals surface area (Å²) in [6.07, 6.45) is 0. The zero-order valence-electron chi connectivity index (χ0n) is 12.9. The van der Waals surface area contributed by atoms with Gasteiger partial charge in [-0.3, -0.25) is 9.63 Å². The Labute approximate surface area is 144 Å². The third-order valence-electron chi connectivity index (χ3n) is 3.03. The highest BCUT2D eigenvalue weighted by atomic mass is 35.5. The molecule has 7 nitrogen and oxygen atoms in total. The first-order valence-electron chi connectivity index (χ1n) is 6.67. The lowest BCUT2D eigenvalue weighted by molar-refractivity contribution is 0.102. The summed E-state index contributed by atoms with van der Waals surface area (Å²) in [4.78, 5) is 18.5. The Morgan fingerprint density at radius 2 is 1.75 bits per heavy atom. The Balaban J connectivity index is 2.14. The number of methoxy groups -OCH3 is 1. The summed E-state index contributed by atoms with van der Waals surface area (Å²) in [5, 5.41) is 3.03. The van der Waals surface area contributed by atoms with Crippen LogP contribution in [0.15, 0.2) is 47.4 Å². The van der Waals surface area contributed by atoms with Crippen LogP contribution in [0.4, 0.5) is 5.69 Å². The number of halogens is 1. The number of nitrogens with one attached hydrogen (secondary N) is 2. The van der Waals surface area contributed by atoms with Crippen LogP contribution in [0, 0.1) is 0 Å². The number of hydrogen-bond donors (Lipinski definition) is 2. The Bertz CT molecular complexity index is 837. The predicted molar refractivity (Wildman–Crippen MR) is 89.7 cm³/mol. The van der Waals surface area contributed by atoms with Crippen LogP contribution < -0.4 is 14.9 Å². The zero-order chi connectivity index (χ0) is 17.7. The number of amides is 1. The monoisotopic (exact) mass is 370 g/mol. The number of benzene rings is 2. The number of hydrogen-bond acceptors (Lipinski definition) is 5. The Hall–Kier alpha value is -2.13. The highest BCUT2D eigenvalue weighted by molar-refractivity contribution is 7.89. The third-order valence-corrected chi connectivity index (χ3v) is 4.60. The van der Waals surface area contributed by atoms with Crippen molar-refractivity contribution in [2.75, 3.05) is 19.5 Å². The Morgan fingerprint density at radius 1 is 1.08 bits per heavy atom. The molecule has 0 aliphatic rings. The smallest absolute Gasteiger partial charge is 0.262 e. The number of rotatable bonds is 6. The van der Waals surface area contributed by atoms with Crippen molar-refractivity contribution >= 4 is 33.2 Å². The molecule has 2 rings (SSSR count). The lowest BCUT2D eigenvalue weighted by Crippen LogP contribution is -2.22. The number of ether oxygens (including phenoxy) is 1. The van der Waals surface area contributed by atoms with Gasteiger partial charge in [0.25, 0.3) is 15.9 Å². The predicted octanol–water partition coefficient (Wildman–Crippen LogP) is 2.44. The van der Waals surface area contributed by atoms with Crippen molar-refractivity contribution < 1.29 is 22.8 Å². The molecule has 0 aliphatic heterocycles. The van der Waals surface area contributed by atoms with Crippen LogP contribution >= 0.6 is 11.6 Å². The molecule has 2 N–H and O–H groups in total. The van der Waals surface area contributed by atoms with Gasteiger partial charge in [0.05, 0.1) is 24.1 Å². The van der Waals surface area contributed by atoms with Gasteiger partial charge in [-0.15, -0.1) is 0 Å². The van der Waals surface area contributed by atoms with Gasteiger partial charge in [-0.2, -0.15) is 0 Å². The summed E-state index contributed by atoms with van der Waals surface area (Å²) >= 11 is 6.00. The average molecular weight is 371 g/mol. The molecule has 0 radical (unpaired) electrons. The molecule has 0 fully saturated rings. The van der Waals surface area contributed by atoms with E-state index in [1.807, 2.05) is 4.89 Å². The lowest BCUT2D eigenvalue weighted by atomic mass is 10.2. The van der Waals surface area contributed by atoms with E-state index in [1.165, 1.54) is 38.5 Å². The van der Waals surface area contributed by atoms with Crippen LogP contribution in [-0.2, 0) is 14.9 Å². The van der Waals surface area contributed by atoms with E-state index in [4.69, 9.17) is 16.3 Å². The van der Waals surface area contributed by atoms with E-state index in [2.05, 4.69) is 10.2 Å². The number of sulfonamides is 1. The highest BCUT2D eigenvalue weighted by Gasteiger charge is 2.15. The minimum Gasteiger partial charge on any atom is -0.495 e. The van der Waals surface area contributed by atoms with Crippen molar-refractivity contribution in [3.05, 3.63) is 53.1 Å². The molecule has 128 valence electrons. The third kappa shape index (κ3) is 4.24. The molecule has 0 aliphatic carbocycles. The van der Waals surface area contributed by atoms with Crippen LogP contribution in [0.5, 0.6) is 5.75 Å². The fourth-order valence-corrected chi connectivity index (χ4v) is 2.96. The van der Waals surface area contributed by atoms with E-state index in [0.29, 0.717) is 22.0 Å². The molecule has 0 unspecified atom stereocenters. The van der Waals surface area contributed by atoms with Crippen molar-refractivity contribution in [1.29, 1.82) is 0 Å². The van der Waals surface area contributed by atoms with Gasteiger partial charge in [-0.05, 0) is 42.5 Å². The summed E-state index contributed by atoms with van der Waals surface area (Å²) < 4.78 is 28.5. The molecule has 0 bridgehead atoms. The van der Waals surface area contributed by atoms with E-state index in [1.54, 1.807) is 18.2 Å². The highest BCUT2D eigenvalue weighted by Crippen LogP contribution is 2.27. The van der Waals surface area contributed by atoms with Crippen molar-refractivity contribution in [2.24, 2.45) is 0 Å². The van der Waals surface area contributed by atoms with Gasteiger partial charge in [-0.1, -0.05) is 16.5 Å². The SMILES string of the molecule is CONS(=O)(=O)c1ccc(C(=O)Nc2ccc(OC)c(Cl)c2)cc1. The van der Waals surface area contributed by atoms with Crippen molar-refractivity contribution in [3.63, 3.8) is 0 Å². The molecule has 0 saturated carbocycles. The van der Waals surface area contributed by atoms with Crippen LogP contribution in [-0.4, -0.2) is 28.5 Å². The summed E-state index contributed by atoms with van der Waals surface area (Å²) in [6.45, 7) is 0. The molecule has 0 heterocycles. The first kappa shape index (κ1) is 18.2. The average Bonchev–Trinajstić information content (AvgIpc) is 2.55. The largest absolute Gasteiger partial charge is 0.495 e. The van der Waals surface area contributed by atoms with Crippen molar-refractivity contribution in [3.8, 4) is 5.75 Å². The molecule has 9 heteroatoms. The molecule has 0 atom stereocenters. The molecule has 0 spiro atoms. The second-order valence-electron chi connectivity index (χ2n) is 4.62. The second kappa shape index (κ2) is 7.63. The standard InChI is InChI=1S/C15H15ClN2O5S/c1-22-14-8-5-11(9-13(14)16)17-15(19)10-3-6-12(7-4-10)24(20,21)18-23-2/h3-9,18H,1-2H3,(H,17,19). The van der Waals surface area contributed by atoms with Crippen molar-refractivity contribution in [1.82, 2.24) is 4.89 Å². The lowest BCUT2D eigenvalue weighted by Gasteiger charge is -2.09. The van der Waals surface area contributed by atoms with E-state index in [0.717, 1.165) is 0 Å². The quantitative estimate of drug-likeness (QED) is 0.762. The first-order chi connectivity index (χ1) is 11.4. The normalized spacial score (nSPS) is 11.1. The minimum absolute atomic E-state index is 0.0200. The number of carbonyl (C=O) groups is 1. The fourth-order valence-electron chi connectivity index (χ4n) is 1.89. The maximum Gasteiger partial charge on any atom is 0.262 e. The summed E-state index contributed by atoms with van der Waals surface area (Å²) in [7, 11) is -1.07. The Kier molecular flexibility index (Phi) is 5.79. The molecule has 0 saturated heterocycles. The minimum atomic E-state index is -3.76. The van der Waals surface area contributed by atoms with E-state index >= 15 is 0 Å². The topological polar surface area (TPSA) is 93.7 Å². The second-order valence-corrected chi connectivity index (χ2v) is 6.67. The van der Waals surface area contributed by atoms with Crippen LogP contribution in [0.3, 0.4) is 0 Å². The molecule has 1 amide bonds. The van der Waals surface area contributed by atoms with Gasteiger partial charge in [0, 0.05) is 11.3 Å². The van der Waals surface area contributed by atoms with Gasteiger partial charge in [-0.25, -0.2) is 8.42 Å². The summed E-state index contributed by atoms with van der Waals surface area (Å²) in [6, 6.07) is 10.2. The van der Waals surface area contributed by atoms with Gasteiger partial charge < -0.3 is 10.1 Å². The van der Waals surface area contributed by atoms with Crippen LogP contribution in [0.2, 0.25) is 5.02 Å². The van der Waals surface area contributed by atoms with Gasteiger partial charge in [0.1, 0.15) is 5.75 Å². The molecule has 2 aromatic rings. The zero-order valence-corrected chi connectivity index (χ0v) is 14.4. The van der Waals surface area contributed by atoms with E-state index < -0.39 is 15.9 Å². The van der Waals surface area contributed by atoms with Crippen molar-refractivity contribution in [2.45, 2.75) is 4.90 Å². The van der Waals surface area contributed by atoms with Crippen LogP contribution in [0.1, 0.15) is 10.4 Å². The fraction of sp³-hybridized carbons (Fsp3) is 0.133. The number of carbonyl (C=O) groups excluding carboxylic acids is 1.